The highest BCUT2D eigenvalue weighted by Gasteiger charge is 2.21. The number of ether oxygens (including phenoxy) is 1. The van der Waals surface area contributed by atoms with Gasteiger partial charge >= 0.3 is 0 Å². The van der Waals surface area contributed by atoms with Crippen molar-refractivity contribution in [2.45, 2.75) is 31.1 Å². The zero-order valence-corrected chi connectivity index (χ0v) is 12.5. The van der Waals surface area contributed by atoms with Gasteiger partial charge in [-0.3, -0.25) is 0 Å². The van der Waals surface area contributed by atoms with Gasteiger partial charge in [-0.2, -0.15) is 0 Å². The van der Waals surface area contributed by atoms with E-state index in [0.717, 1.165) is 19.3 Å². The van der Waals surface area contributed by atoms with E-state index in [0.29, 0.717) is 18.0 Å². The number of unbranched alkanes of at least 4 members (excludes halogenated alkanes) is 2. The molecular formula is C13H22N2O3S. The fraction of sp³-hybridized carbons (Fsp3) is 0.538. The molecule has 0 aliphatic carbocycles. The van der Waals surface area contributed by atoms with Crippen molar-refractivity contribution in [2.24, 2.45) is 0 Å². The van der Waals surface area contributed by atoms with E-state index in [2.05, 4.69) is 6.92 Å². The molecule has 0 aliphatic rings. The molecule has 2 N–H and O–H groups in total. The van der Waals surface area contributed by atoms with E-state index in [1.807, 2.05) is 0 Å². The van der Waals surface area contributed by atoms with E-state index in [9.17, 15) is 8.42 Å². The zero-order chi connectivity index (χ0) is 14.5. The Labute approximate surface area is 115 Å². The van der Waals surface area contributed by atoms with E-state index >= 15 is 0 Å². The predicted octanol–water partition coefficient (Wildman–Crippen LogP) is 2.09. The van der Waals surface area contributed by atoms with Gasteiger partial charge in [0.1, 0.15) is 5.75 Å². The van der Waals surface area contributed by atoms with Crippen LogP contribution in [0.4, 0.5) is 5.69 Å². The van der Waals surface area contributed by atoms with Gasteiger partial charge in [-0.15, -0.1) is 0 Å². The Morgan fingerprint density at radius 3 is 2.53 bits per heavy atom. The largest absolute Gasteiger partial charge is 0.495 e. The maximum absolute atomic E-state index is 12.3. The molecular weight excluding hydrogens is 264 g/mol. The molecule has 0 unspecified atom stereocenters. The number of rotatable bonds is 7. The van der Waals surface area contributed by atoms with Crippen LogP contribution < -0.4 is 10.5 Å². The Bertz CT molecular complexity index is 515. The summed E-state index contributed by atoms with van der Waals surface area (Å²) in [6.07, 6.45) is 2.94. The summed E-state index contributed by atoms with van der Waals surface area (Å²) in [6.45, 7) is 2.60. The topological polar surface area (TPSA) is 72.6 Å². The number of benzene rings is 1. The minimum atomic E-state index is -3.47. The van der Waals surface area contributed by atoms with Crippen LogP contribution >= 0.6 is 0 Å². The van der Waals surface area contributed by atoms with Crippen LogP contribution in [0, 0.1) is 0 Å². The van der Waals surface area contributed by atoms with Crippen LogP contribution in [0.2, 0.25) is 0 Å². The van der Waals surface area contributed by atoms with Crippen molar-refractivity contribution in [3.63, 3.8) is 0 Å². The minimum Gasteiger partial charge on any atom is -0.495 e. The van der Waals surface area contributed by atoms with E-state index in [1.165, 1.54) is 23.5 Å². The molecule has 0 bridgehead atoms. The van der Waals surface area contributed by atoms with Gasteiger partial charge in [0.15, 0.2) is 0 Å². The average Bonchev–Trinajstić information content (AvgIpc) is 2.38. The number of hydrogen-bond acceptors (Lipinski definition) is 4. The van der Waals surface area contributed by atoms with Gasteiger partial charge < -0.3 is 10.5 Å². The fourth-order valence-corrected chi connectivity index (χ4v) is 3.00. The van der Waals surface area contributed by atoms with E-state index in [-0.39, 0.29) is 4.90 Å². The summed E-state index contributed by atoms with van der Waals surface area (Å²) >= 11 is 0. The van der Waals surface area contributed by atoms with E-state index in [1.54, 1.807) is 13.1 Å². The highest BCUT2D eigenvalue weighted by Crippen LogP contribution is 2.25. The second kappa shape index (κ2) is 6.77. The molecule has 0 aliphatic heterocycles. The lowest BCUT2D eigenvalue weighted by Gasteiger charge is -2.17. The summed E-state index contributed by atoms with van der Waals surface area (Å²) in [5.41, 5.74) is 6.07. The van der Waals surface area contributed by atoms with Crippen LogP contribution in [0.15, 0.2) is 23.1 Å². The average molecular weight is 286 g/mol. The molecule has 1 aromatic carbocycles. The van der Waals surface area contributed by atoms with E-state index < -0.39 is 10.0 Å². The summed E-state index contributed by atoms with van der Waals surface area (Å²) in [5.74, 6) is 0.479. The Morgan fingerprint density at radius 1 is 1.32 bits per heavy atom. The van der Waals surface area contributed by atoms with Gasteiger partial charge in [0.05, 0.1) is 17.7 Å². The van der Waals surface area contributed by atoms with Gasteiger partial charge in [-0.1, -0.05) is 19.8 Å². The molecule has 108 valence electrons. The lowest BCUT2D eigenvalue weighted by atomic mass is 10.2. The van der Waals surface area contributed by atoms with Crippen molar-refractivity contribution >= 4 is 15.7 Å². The molecule has 0 radical (unpaired) electrons. The quantitative estimate of drug-likeness (QED) is 0.615. The van der Waals surface area contributed by atoms with Crippen LogP contribution in [-0.4, -0.2) is 33.4 Å². The van der Waals surface area contributed by atoms with Crippen molar-refractivity contribution in [1.82, 2.24) is 4.31 Å². The standard InChI is InChI=1S/C13H22N2O3S/c1-4-5-6-9-15(2)19(16,17)11-7-8-13(18-3)12(14)10-11/h7-8,10H,4-6,9,14H2,1-3H3. The SMILES string of the molecule is CCCCCN(C)S(=O)(=O)c1ccc(OC)c(N)c1. The molecule has 0 aromatic heterocycles. The van der Waals surface area contributed by atoms with Crippen LogP contribution in [0.5, 0.6) is 5.75 Å². The number of hydrogen-bond donors (Lipinski definition) is 1. The number of nitrogen functional groups attached to an aromatic ring is 1. The molecule has 0 heterocycles. The minimum absolute atomic E-state index is 0.199. The van der Waals surface area contributed by atoms with Crippen molar-refractivity contribution in [2.75, 3.05) is 26.4 Å². The highest BCUT2D eigenvalue weighted by atomic mass is 32.2. The number of nitrogens with zero attached hydrogens (tertiary/aromatic N) is 1. The monoisotopic (exact) mass is 286 g/mol. The molecule has 0 fully saturated rings. The third-order valence-corrected chi connectivity index (χ3v) is 4.84. The van der Waals surface area contributed by atoms with Crippen LogP contribution in [-0.2, 0) is 10.0 Å². The molecule has 0 saturated carbocycles. The first-order valence-electron chi connectivity index (χ1n) is 6.33. The first-order valence-corrected chi connectivity index (χ1v) is 7.77. The first kappa shape index (κ1) is 15.8. The third kappa shape index (κ3) is 3.84. The van der Waals surface area contributed by atoms with Crippen molar-refractivity contribution in [3.8, 4) is 5.75 Å². The van der Waals surface area contributed by atoms with Crippen molar-refractivity contribution in [3.05, 3.63) is 18.2 Å². The second-order valence-corrected chi connectivity index (χ2v) is 6.48. The lowest BCUT2D eigenvalue weighted by Crippen LogP contribution is -2.28. The normalized spacial score (nSPS) is 11.8. The molecule has 0 spiro atoms. The van der Waals surface area contributed by atoms with Gasteiger partial charge in [0, 0.05) is 13.6 Å². The summed E-state index contributed by atoms with van der Waals surface area (Å²) in [5, 5.41) is 0. The van der Waals surface area contributed by atoms with Gasteiger partial charge in [-0.05, 0) is 24.6 Å². The smallest absolute Gasteiger partial charge is 0.242 e. The van der Waals surface area contributed by atoms with Crippen molar-refractivity contribution < 1.29 is 13.2 Å². The lowest BCUT2D eigenvalue weighted by molar-refractivity contribution is 0.416. The number of nitrogens with two attached hydrogens (primary N) is 1. The van der Waals surface area contributed by atoms with Crippen LogP contribution in [0.25, 0.3) is 0 Å². The maximum atomic E-state index is 12.3. The third-order valence-electron chi connectivity index (χ3n) is 2.99. The second-order valence-electron chi connectivity index (χ2n) is 4.44. The summed E-state index contributed by atoms with van der Waals surface area (Å²) in [7, 11) is -0.384. The summed E-state index contributed by atoms with van der Waals surface area (Å²) < 4.78 is 31.0. The molecule has 0 amide bonds. The van der Waals surface area contributed by atoms with E-state index in [4.69, 9.17) is 10.5 Å². The Hall–Kier alpha value is -1.27. The molecule has 0 atom stereocenters. The molecule has 5 nitrogen and oxygen atoms in total. The molecule has 0 saturated heterocycles. The molecule has 1 rings (SSSR count). The van der Waals surface area contributed by atoms with Gasteiger partial charge in [0.25, 0.3) is 0 Å². The summed E-state index contributed by atoms with van der Waals surface area (Å²) in [4.78, 5) is 0.199. The zero-order valence-electron chi connectivity index (χ0n) is 11.7. The Kier molecular flexibility index (Phi) is 5.62. The molecule has 1 aromatic rings. The fourth-order valence-electron chi connectivity index (χ4n) is 1.76. The molecule has 6 heteroatoms. The number of anilines is 1. The maximum Gasteiger partial charge on any atom is 0.242 e. The number of methoxy groups -OCH3 is 1. The van der Waals surface area contributed by atoms with Crippen molar-refractivity contribution in [1.29, 1.82) is 0 Å². The number of sulfonamides is 1. The summed E-state index contributed by atoms with van der Waals surface area (Å²) in [6, 6.07) is 4.52. The molecule has 19 heavy (non-hydrogen) atoms. The Balaban J connectivity index is 2.90. The Morgan fingerprint density at radius 2 is 2.00 bits per heavy atom. The van der Waals surface area contributed by atoms with Gasteiger partial charge in [-0.25, -0.2) is 12.7 Å². The first-order chi connectivity index (χ1) is 8.93. The van der Waals surface area contributed by atoms with Crippen LogP contribution in [0.1, 0.15) is 26.2 Å². The highest BCUT2D eigenvalue weighted by molar-refractivity contribution is 7.89. The predicted molar refractivity (Wildman–Crippen MR) is 76.7 cm³/mol. The van der Waals surface area contributed by atoms with Gasteiger partial charge in [0.2, 0.25) is 10.0 Å². The van der Waals surface area contributed by atoms with Crippen LogP contribution in [0.3, 0.4) is 0 Å².